The minimum Gasteiger partial charge on any atom is -0.746 e. The van der Waals surface area contributed by atoms with E-state index in [4.69, 9.17) is 23.8 Å². The SMILES string of the molecule is COc1cc(OC)c(/C=C/S(=O)(=O)Cc2ccc(OC)c(OP(=O)([O-])O)c2)c(OC)c1.[Na+]. The summed E-state index contributed by atoms with van der Waals surface area (Å²) >= 11 is 0. The fourth-order valence-electron chi connectivity index (χ4n) is 2.66. The van der Waals surface area contributed by atoms with Gasteiger partial charge in [0.15, 0.2) is 21.3 Å². The molecule has 0 aliphatic heterocycles. The molecule has 13 heteroatoms. The molecule has 1 atom stereocenters. The number of rotatable bonds is 10. The van der Waals surface area contributed by atoms with Crippen molar-refractivity contribution in [2.75, 3.05) is 28.4 Å². The molecule has 0 aliphatic rings. The van der Waals surface area contributed by atoms with Crippen molar-refractivity contribution in [2.24, 2.45) is 0 Å². The van der Waals surface area contributed by atoms with Gasteiger partial charge in [-0.05, 0) is 23.8 Å². The largest absolute Gasteiger partial charge is 1.00 e. The van der Waals surface area contributed by atoms with Gasteiger partial charge in [0.2, 0.25) is 0 Å². The van der Waals surface area contributed by atoms with Crippen LogP contribution in [0.5, 0.6) is 28.7 Å². The Bertz CT molecular complexity index is 1090. The minimum absolute atomic E-state index is 0. The van der Waals surface area contributed by atoms with Crippen molar-refractivity contribution < 1.29 is 75.8 Å². The predicted octanol–water partition coefficient (Wildman–Crippen LogP) is -0.850. The van der Waals surface area contributed by atoms with Gasteiger partial charge in [0.05, 0.1) is 39.8 Å². The molecule has 32 heavy (non-hydrogen) atoms. The summed E-state index contributed by atoms with van der Waals surface area (Å²) in [4.78, 5) is 20.0. The molecule has 0 heterocycles. The Morgan fingerprint density at radius 1 is 0.938 bits per heavy atom. The quantitative estimate of drug-likeness (QED) is 0.327. The number of sulfone groups is 1. The third kappa shape index (κ3) is 8.00. The first kappa shape index (κ1) is 28.3. The summed E-state index contributed by atoms with van der Waals surface area (Å²) < 4.78 is 61.4. The van der Waals surface area contributed by atoms with Crippen LogP contribution in [0.1, 0.15) is 11.1 Å². The summed E-state index contributed by atoms with van der Waals surface area (Å²) in [6.07, 6.45) is 1.33. The van der Waals surface area contributed by atoms with E-state index in [1.54, 1.807) is 12.1 Å². The van der Waals surface area contributed by atoms with Crippen molar-refractivity contribution >= 4 is 23.7 Å². The summed E-state index contributed by atoms with van der Waals surface area (Å²) in [6, 6.07) is 7.07. The zero-order valence-corrected chi connectivity index (χ0v) is 21.9. The van der Waals surface area contributed by atoms with Gasteiger partial charge in [-0.2, -0.15) is 0 Å². The third-order valence-electron chi connectivity index (χ3n) is 4.00. The van der Waals surface area contributed by atoms with Crippen molar-refractivity contribution in [3.05, 3.63) is 46.9 Å². The molecule has 0 bridgehead atoms. The Kier molecular flexibility index (Phi) is 10.6. The molecule has 0 radical (unpaired) electrons. The van der Waals surface area contributed by atoms with Crippen molar-refractivity contribution in [1.82, 2.24) is 0 Å². The van der Waals surface area contributed by atoms with Gasteiger partial charge in [0.1, 0.15) is 17.2 Å². The standard InChI is InChI=1S/C19H23O10PS.Na/c1-25-14-10-17(27-3)15(18(11-14)28-4)7-8-31(23,24)12-13-5-6-16(26-2)19(9-13)29-30(20,21)22;/h5-11H,12H2,1-4H3,(H2,20,21,22);/q;+1/p-1/b8-7+;. The van der Waals surface area contributed by atoms with Gasteiger partial charge < -0.3 is 33.3 Å². The molecule has 0 fully saturated rings. The monoisotopic (exact) mass is 496 g/mol. The molecule has 2 aromatic rings. The Labute approximate surface area is 208 Å². The smallest absolute Gasteiger partial charge is 0.746 e. The second-order valence-electron chi connectivity index (χ2n) is 6.10. The average Bonchev–Trinajstić information content (AvgIpc) is 2.70. The van der Waals surface area contributed by atoms with E-state index in [0.717, 1.165) is 11.5 Å². The fourth-order valence-corrected chi connectivity index (χ4v) is 4.13. The first-order chi connectivity index (χ1) is 14.5. The second-order valence-corrected chi connectivity index (χ2v) is 9.11. The minimum atomic E-state index is -5.11. The summed E-state index contributed by atoms with van der Waals surface area (Å²) in [5, 5.41) is 0.981. The molecule has 0 saturated carbocycles. The summed E-state index contributed by atoms with van der Waals surface area (Å²) in [6.45, 7) is 0. The Balaban J connectivity index is 0.00000512. The predicted molar refractivity (Wildman–Crippen MR) is 111 cm³/mol. The van der Waals surface area contributed by atoms with Gasteiger partial charge in [-0.3, -0.25) is 4.57 Å². The molecular weight excluding hydrogens is 474 g/mol. The van der Waals surface area contributed by atoms with Crippen molar-refractivity contribution in [1.29, 1.82) is 0 Å². The Morgan fingerprint density at radius 2 is 1.50 bits per heavy atom. The van der Waals surface area contributed by atoms with Gasteiger partial charge in [0.25, 0.3) is 0 Å². The van der Waals surface area contributed by atoms with Crippen LogP contribution in [0.4, 0.5) is 0 Å². The number of benzene rings is 2. The molecule has 2 rings (SSSR count). The van der Waals surface area contributed by atoms with E-state index in [1.165, 1.54) is 46.6 Å². The van der Waals surface area contributed by atoms with Gasteiger partial charge in [-0.1, -0.05) is 6.07 Å². The van der Waals surface area contributed by atoms with Gasteiger partial charge >= 0.3 is 37.4 Å². The second kappa shape index (κ2) is 11.9. The van der Waals surface area contributed by atoms with Crippen LogP contribution >= 0.6 is 7.82 Å². The topological polar surface area (TPSA) is 141 Å². The maximum absolute atomic E-state index is 12.6. The summed E-state index contributed by atoms with van der Waals surface area (Å²) in [7, 11) is -3.32. The third-order valence-corrected chi connectivity index (χ3v) is 5.72. The van der Waals surface area contributed by atoms with E-state index >= 15 is 0 Å². The van der Waals surface area contributed by atoms with Crippen molar-refractivity contribution in [3.63, 3.8) is 0 Å². The van der Waals surface area contributed by atoms with E-state index in [-0.39, 0.29) is 46.6 Å². The number of hydrogen-bond acceptors (Lipinski definition) is 9. The molecule has 0 saturated heterocycles. The van der Waals surface area contributed by atoms with Crippen LogP contribution in [0.15, 0.2) is 35.7 Å². The molecule has 0 aliphatic carbocycles. The number of phosphoric acid groups is 1. The molecule has 1 N–H and O–H groups in total. The fraction of sp³-hybridized carbons (Fsp3) is 0.263. The summed E-state index contributed by atoms with van der Waals surface area (Å²) in [5.41, 5.74) is 0.600. The molecule has 2 aromatic carbocycles. The number of methoxy groups -OCH3 is 4. The number of ether oxygens (including phenoxy) is 4. The van der Waals surface area contributed by atoms with Crippen LogP contribution in [0.25, 0.3) is 6.08 Å². The number of phosphoric ester groups is 1. The van der Waals surface area contributed by atoms with Crippen LogP contribution in [0.3, 0.4) is 0 Å². The Hall–Kier alpha value is -1.72. The average molecular weight is 496 g/mol. The molecular formula is C19H22NaO10PS. The molecule has 10 nitrogen and oxygen atoms in total. The van der Waals surface area contributed by atoms with Crippen LogP contribution in [0.2, 0.25) is 0 Å². The summed E-state index contributed by atoms with van der Waals surface area (Å²) in [5.74, 6) is 0.361. The van der Waals surface area contributed by atoms with E-state index in [0.29, 0.717) is 22.8 Å². The van der Waals surface area contributed by atoms with Crippen molar-refractivity contribution in [3.8, 4) is 28.7 Å². The van der Waals surface area contributed by atoms with Crippen LogP contribution < -0.4 is 57.9 Å². The zero-order valence-electron chi connectivity index (χ0n) is 18.2. The molecule has 170 valence electrons. The molecule has 0 amide bonds. The van der Waals surface area contributed by atoms with E-state index in [1.807, 2.05) is 0 Å². The zero-order chi connectivity index (χ0) is 23.2. The first-order valence-electron chi connectivity index (χ1n) is 8.63. The van der Waals surface area contributed by atoms with Crippen LogP contribution in [-0.2, 0) is 20.2 Å². The maximum atomic E-state index is 12.6. The molecule has 0 spiro atoms. The molecule has 0 aromatic heterocycles. The van der Waals surface area contributed by atoms with Crippen LogP contribution in [0, 0.1) is 0 Å². The normalized spacial score (nSPS) is 13.1. The van der Waals surface area contributed by atoms with Gasteiger partial charge in [0, 0.05) is 17.5 Å². The van der Waals surface area contributed by atoms with Crippen molar-refractivity contribution in [2.45, 2.75) is 5.75 Å². The van der Waals surface area contributed by atoms with Crippen LogP contribution in [-0.4, -0.2) is 41.8 Å². The van der Waals surface area contributed by atoms with E-state index in [9.17, 15) is 17.9 Å². The maximum Gasteiger partial charge on any atom is 1.00 e. The van der Waals surface area contributed by atoms with E-state index in [2.05, 4.69) is 4.52 Å². The first-order valence-corrected chi connectivity index (χ1v) is 11.8. The van der Waals surface area contributed by atoms with Gasteiger partial charge in [-0.25, -0.2) is 8.42 Å². The molecule has 1 unspecified atom stereocenters. The number of hydrogen-bond donors (Lipinski definition) is 1. The van der Waals surface area contributed by atoms with E-state index < -0.39 is 23.4 Å². The van der Waals surface area contributed by atoms with Gasteiger partial charge in [-0.15, -0.1) is 0 Å². The Morgan fingerprint density at radius 3 is 1.97 bits per heavy atom.